The topological polar surface area (TPSA) is 96.3 Å². The first-order valence-electron chi connectivity index (χ1n) is 7.89. The number of nitrogens with zero attached hydrogens (tertiary/aromatic N) is 5. The molecule has 1 saturated heterocycles. The molecule has 2 aromatic heterocycles. The van der Waals surface area contributed by atoms with Gasteiger partial charge >= 0.3 is 6.09 Å². The first-order chi connectivity index (χ1) is 11.2. The predicted octanol–water partition coefficient (Wildman–Crippen LogP) is 0.714. The number of hydrogen-bond donors (Lipinski definition) is 1. The second-order valence-electron chi connectivity index (χ2n) is 6.85. The highest BCUT2D eigenvalue weighted by Gasteiger charge is 2.27. The van der Waals surface area contributed by atoms with Crippen LogP contribution in [0.15, 0.2) is 11.0 Å². The number of carbonyl (C=O) groups is 1. The summed E-state index contributed by atoms with van der Waals surface area (Å²) in [5.74, 6) is 0.624. The van der Waals surface area contributed by atoms with Crippen LogP contribution in [0.1, 0.15) is 20.8 Å². The Kier molecular flexibility index (Phi) is 3.94. The molecule has 1 aliphatic heterocycles. The third-order valence-electron chi connectivity index (χ3n) is 3.81. The number of aromatic amines is 1. The molecule has 0 aliphatic carbocycles. The largest absolute Gasteiger partial charge is 0.444 e. The number of anilines is 1. The van der Waals surface area contributed by atoms with E-state index in [0.717, 1.165) is 0 Å². The van der Waals surface area contributed by atoms with Crippen molar-refractivity contribution in [1.82, 2.24) is 24.6 Å². The van der Waals surface area contributed by atoms with Crippen LogP contribution in [-0.4, -0.2) is 62.5 Å². The summed E-state index contributed by atoms with van der Waals surface area (Å²) in [5, 5.41) is 3.98. The van der Waals surface area contributed by atoms with Gasteiger partial charge in [0.15, 0.2) is 5.52 Å². The van der Waals surface area contributed by atoms with Crippen LogP contribution in [0.25, 0.3) is 11.0 Å². The minimum atomic E-state index is -0.500. The molecule has 3 rings (SSSR count). The first-order valence-corrected chi connectivity index (χ1v) is 7.89. The zero-order valence-corrected chi connectivity index (χ0v) is 14.4. The minimum Gasteiger partial charge on any atom is -0.444 e. The Morgan fingerprint density at radius 1 is 1.25 bits per heavy atom. The normalized spacial score (nSPS) is 15.8. The number of imidazole rings is 1. The van der Waals surface area contributed by atoms with E-state index in [-0.39, 0.29) is 11.7 Å². The van der Waals surface area contributed by atoms with Crippen molar-refractivity contribution in [3.05, 3.63) is 16.6 Å². The van der Waals surface area contributed by atoms with Crippen LogP contribution in [0.5, 0.6) is 0 Å². The summed E-state index contributed by atoms with van der Waals surface area (Å²) in [4.78, 5) is 35.3. The summed E-state index contributed by atoms with van der Waals surface area (Å²) in [5.41, 5.74) is 0.252. The van der Waals surface area contributed by atoms with Crippen LogP contribution < -0.4 is 10.5 Å². The highest BCUT2D eigenvalue weighted by atomic mass is 16.6. The molecule has 24 heavy (non-hydrogen) atoms. The van der Waals surface area contributed by atoms with Crippen LogP contribution in [0, 0.1) is 0 Å². The highest BCUT2D eigenvalue weighted by Crippen LogP contribution is 2.17. The van der Waals surface area contributed by atoms with Gasteiger partial charge in [-0.15, -0.1) is 0 Å². The van der Waals surface area contributed by atoms with E-state index in [9.17, 15) is 9.59 Å². The van der Waals surface area contributed by atoms with Crippen molar-refractivity contribution < 1.29 is 9.53 Å². The van der Waals surface area contributed by atoms with Crippen molar-refractivity contribution in [1.29, 1.82) is 0 Å². The van der Waals surface area contributed by atoms with Crippen molar-refractivity contribution in [3.8, 4) is 0 Å². The summed E-state index contributed by atoms with van der Waals surface area (Å²) in [6.07, 6.45) is 1.29. The van der Waals surface area contributed by atoms with Gasteiger partial charge in [-0.1, -0.05) is 0 Å². The number of hydrogen-bond acceptors (Lipinski definition) is 6. The lowest BCUT2D eigenvalue weighted by Crippen LogP contribution is -2.50. The lowest BCUT2D eigenvalue weighted by molar-refractivity contribution is 0.0240. The van der Waals surface area contributed by atoms with E-state index in [0.29, 0.717) is 43.2 Å². The van der Waals surface area contributed by atoms with Crippen LogP contribution in [0.4, 0.5) is 10.7 Å². The molecule has 0 unspecified atom stereocenters. The number of aromatic nitrogens is 4. The van der Waals surface area contributed by atoms with Gasteiger partial charge in [-0.25, -0.2) is 14.5 Å². The molecule has 0 saturated carbocycles. The quantitative estimate of drug-likeness (QED) is 0.825. The van der Waals surface area contributed by atoms with Gasteiger partial charge in [0.1, 0.15) is 5.60 Å². The molecular formula is C15H22N6O3. The Hall–Kier alpha value is -2.58. The second-order valence-corrected chi connectivity index (χ2v) is 6.85. The fourth-order valence-electron chi connectivity index (χ4n) is 2.56. The number of aryl methyl sites for hydroxylation is 1. The molecule has 130 valence electrons. The van der Waals surface area contributed by atoms with Gasteiger partial charge in [0.05, 0.1) is 11.7 Å². The van der Waals surface area contributed by atoms with Crippen molar-refractivity contribution in [2.75, 3.05) is 31.1 Å². The smallest absolute Gasteiger partial charge is 0.410 e. The molecule has 1 aliphatic rings. The van der Waals surface area contributed by atoms with Crippen LogP contribution in [-0.2, 0) is 11.8 Å². The standard InChI is InChI=1S/C15H22N6O3/c1-15(2,3)24-14(23)21-7-5-20(6-8-21)13-17-10-9-16-19(4)12(22)11(10)18-13/h9H,5-8H2,1-4H3,(H,17,18). The van der Waals surface area contributed by atoms with Gasteiger partial charge in [-0.3, -0.25) is 4.79 Å². The van der Waals surface area contributed by atoms with E-state index < -0.39 is 5.60 Å². The zero-order valence-electron chi connectivity index (χ0n) is 14.4. The van der Waals surface area contributed by atoms with Crippen molar-refractivity contribution in [3.63, 3.8) is 0 Å². The number of H-pyrrole nitrogens is 1. The second kappa shape index (κ2) is 5.81. The molecule has 0 radical (unpaired) electrons. The zero-order chi connectivity index (χ0) is 17.5. The number of carbonyl (C=O) groups excluding carboxylic acids is 1. The molecule has 9 heteroatoms. The molecule has 2 aromatic rings. The Morgan fingerprint density at radius 2 is 1.92 bits per heavy atom. The van der Waals surface area contributed by atoms with Crippen molar-refractivity contribution >= 4 is 23.1 Å². The summed E-state index contributed by atoms with van der Waals surface area (Å²) in [7, 11) is 1.59. The van der Waals surface area contributed by atoms with Gasteiger partial charge < -0.3 is 19.5 Å². The van der Waals surface area contributed by atoms with E-state index in [4.69, 9.17) is 4.74 Å². The molecular weight excluding hydrogens is 312 g/mol. The fourth-order valence-corrected chi connectivity index (χ4v) is 2.56. The maximum absolute atomic E-state index is 12.1. The van der Waals surface area contributed by atoms with E-state index in [2.05, 4.69) is 15.1 Å². The number of nitrogens with one attached hydrogen (secondary N) is 1. The van der Waals surface area contributed by atoms with Crippen molar-refractivity contribution in [2.24, 2.45) is 7.05 Å². The lowest BCUT2D eigenvalue weighted by Gasteiger charge is -2.35. The predicted molar refractivity (Wildman–Crippen MR) is 89.1 cm³/mol. The maximum atomic E-state index is 12.1. The minimum absolute atomic E-state index is 0.234. The van der Waals surface area contributed by atoms with Gasteiger partial charge in [-0.2, -0.15) is 5.10 Å². The lowest BCUT2D eigenvalue weighted by atomic mass is 10.2. The molecule has 0 aromatic carbocycles. The third-order valence-corrected chi connectivity index (χ3v) is 3.81. The fraction of sp³-hybridized carbons (Fsp3) is 0.600. The van der Waals surface area contributed by atoms with Crippen LogP contribution in [0.3, 0.4) is 0 Å². The Bertz CT molecular complexity index is 811. The Morgan fingerprint density at radius 3 is 2.54 bits per heavy atom. The Balaban J connectivity index is 1.70. The van der Waals surface area contributed by atoms with Gasteiger partial charge in [-0.05, 0) is 20.8 Å². The molecule has 1 amide bonds. The third kappa shape index (κ3) is 3.19. The average molecular weight is 334 g/mol. The molecule has 3 heterocycles. The van der Waals surface area contributed by atoms with E-state index in [1.54, 1.807) is 18.1 Å². The SMILES string of the molecule is Cn1ncc2[nH]c(N3CCN(C(=O)OC(C)(C)C)CC3)nc2c1=O. The van der Waals surface area contributed by atoms with Gasteiger partial charge in [0.25, 0.3) is 5.56 Å². The summed E-state index contributed by atoms with van der Waals surface area (Å²) < 4.78 is 6.65. The maximum Gasteiger partial charge on any atom is 0.410 e. The monoisotopic (exact) mass is 334 g/mol. The van der Waals surface area contributed by atoms with E-state index in [1.807, 2.05) is 25.7 Å². The van der Waals surface area contributed by atoms with Crippen molar-refractivity contribution in [2.45, 2.75) is 26.4 Å². The number of fused-ring (bicyclic) bond motifs is 1. The highest BCUT2D eigenvalue weighted by molar-refractivity contribution is 5.75. The van der Waals surface area contributed by atoms with E-state index in [1.165, 1.54) is 4.68 Å². The number of ether oxygens (including phenoxy) is 1. The van der Waals surface area contributed by atoms with Crippen LogP contribution >= 0.6 is 0 Å². The first kappa shape index (κ1) is 16.3. The summed E-state index contributed by atoms with van der Waals surface area (Å²) in [6, 6.07) is 0. The summed E-state index contributed by atoms with van der Waals surface area (Å²) in [6.45, 7) is 7.88. The molecule has 0 bridgehead atoms. The number of piperazine rings is 1. The molecule has 9 nitrogen and oxygen atoms in total. The molecule has 0 spiro atoms. The number of amides is 1. The average Bonchev–Trinajstić information content (AvgIpc) is 2.94. The van der Waals surface area contributed by atoms with E-state index >= 15 is 0 Å². The van der Waals surface area contributed by atoms with Gasteiger partial charge in [0.2, 0.25) is 5.95 Å². The summed E-state index contributed by atoms with van der Waals surface area (Å²) >= 11 is 0. The Labute approximate surface area is 139 Å². The molecule has 1 N–H and O–H groups in total. The molecule has 1 fully saturated rings. The van der Waals surface area contributed by atoms with Crippen LogP contribution in [0.2, 0.25) is 0 Å². The van der Waals surface area contributed by atoms with Gasteiger partial charge in [0, 0.05) is 33.2 Å². The molecule has 0 atom stereocenters. The number of rotatable bonds is 1.